The standard InChI is InChI=1S/C8H11F3N2O/c1-3-4-12-7(14)5-13(2)6-8(9,10)11/h1H,4-6H2,2H3,(H,12,14). The Hall–Kier alpha value is -1.22. The summed E-state index contributed by atoms with van der Waals surface area (Å²) in [6.45, 7) is -1.41. The van der Waals surface area contributed by atoms with E-state index in [-0.39, 0.29) is 13.1 Å². The summed E-state index contributed by atoms with van der Waals surface area (Å²) in [5.74, 6) is 1.63. The van der Waals surface area contributed by atoms with Gasteiger partial charge < -0.3 is 5.32 Å². The molecule has 0 saturated carbocycles. The van der Waals surface area contributed by atoms with E-state index in [4.69, 9.17) is 6.42 Å². The Morgan fingerprint density at radius 2 is 2.14 bits per heavy atom. The van der Waals surface area contributed by atoms with E-state index in [0.717, 1.165) is 4.90 Å². The number of hydrogen-bond acceptors (Lipinski definition) is 2. The van der Waals surface area contributed by atoms with E-state index in [1.54, 1.807) is 0 Å². The fourth-order valence-corrected chi connectivity index (χ4v) is 0.813. The maximum atomic E-state index is 11.8. The molecule has 14 heavy (non-hydrogen) atoms. The molecule has 0 heterocycles. The predicted molar refractivity (Wildman–Crippen MR) is 45.4 cm³/mol. The lowest BCUT2D eigenvalue weighted by molar-refractivity contribution is -0.145. The largest absolute Gasteiger partial charge is 0.401 e. The first kappa shape index (κ1) is 12.8. The van der Waals surface area contributed by atoms with Crippen LogP contribution in [0.3, 0.4) is 0 Å². The summed E-state index contributed by atoms with van der Waals surface area (Å²) in [6, 6.07) is 0. The van der Waals surface area contributed by atoms with Crippen molar-refractivity contribution in [2.75, 3.05) is 26.7 Å². The van der Waals surface area contributed by atoms with Crippen LogP contribution in [0.5, 0.6) is 0 Å². The number of halogens is 3. The first-order valence-electron chi connectivity index (χ1n) is 3.80. The summed E-state index contributed by atoms with van der Waals surface area (Å²) >= 11 is 0. The third-order valence-electron chi connectivity index (χ3n) is 1.25. The molecule has 0 aliphatic rings. The van der Waals surface area contributed by atoms with E-state index < -0.39 is 18.6 Å². The summed E-state index contributed by atoms with van der Waals surface area (Å²) in [5, 5.41) is 2.26. The molecule has 3 nitrogen and oxygen atoms in total. The van der Waals surface area contributed by atoms with Crippen molar-refractivity contribution in [3.8, 4) is 12.3 Å². The van der Waals surface area contributed by atoms with Crippen molar-refractivity contribution in [1.82, 2.24) is 10.2 Å². The number of nitrogens with one attached hydrogen (secondary N) is 1. The molecule has 0 rings (SSSR count). The highest BCUT2D eigenvalue weighted by Crippen LogP contribution is 2.14. The van der Waals surface area contributed by atoms with Gasteiger partial charge in [-0.25, -0.2) is 0 Å². The van der Waals surface area contributed by atoms with Crippen molar-refractivity contribution in [3.63, 3.8) is 0 Å². The average molecular weight is 208 g/mol. The van der Waals surface area contributed by atoms with Crippen molar-refractivity contribution < 1.29 is 18.0 Å². The number of likely N-dealkylation sites (N-methyl/N-ethyl adjacent to an activating group) is 1. The van der Waals surface area contributed by atoms with Crippen LogP contribution in [0.4, 0.5) is 13.2 Å². The molecule has 0 aromatic carbocycles. The second kappa shape index (κ2) is 5.50. The van der Waals surface area contributed by atoms with Crippen LogP contribution in [0, 0.1) is 12.3 Å². The molecule has 0 saturated heterocycles. The van der Waals surface area contributed by atoms with E-state index in [0.29, 0.717) is 0 Å². The van der Waals surface area contributed by atoms with Crippen molar-refractivity contribution in [3.05, 3.63) is 0 Å². The van der Waals surface area contributed by atoms with E-state index in [1.165, 1.54) is 7.05 Å². The second-order valence-corrected chi connectivity index (χ2v) is 2.77. The molecule has 0 radical (unpaired) electrons. The summed E-state index contributed by atoms with van der Waals surface area (Å²) < 4.78 is 35.4. The number of carbonyl (C=O) groups excluding carboxylic acids is 1. The number of alkyl halides is 3. The molecule has 0 unspecified atom stereocenters. The first-order valence-corrected chi connectivity index (χ1v) is 3.80. The van der Waals surface area contributed by atoms with Gasteiger partial charge in [-0.05, 0) is 7.05 Å². The van der Waals surface area contributed by atoms with Crippen molar-refractivity contribution in [1.29, 1.82) is 0 Å². The van der Waals surface area contributed by atoms with E-state index in [2.05, 4.69) is 11.2 Å². The fourth-order valence-electron chi connectivity index (χ4n) is 0.813. The minimum Gasteiger partial charge on any atom is -0.344 e. The van der Waals surface area contributed by atoms with Crippen LogP contribution in [0.15, 0.2) is 0 Å². The zero-order valence-electron chi connectivity index (χ0n) is 7.69. The Balaban J connectivity index is 3.78. The highest BCUT2D eigenvalue weighted by atomic mass is 19.4. The van der Waals surface area contributed by atoms with Gasteiger partial charge in [-0.1, -0.05) is 5.92 Å². The Morgan fingerprint density at radius 3 is 2.57 bits per heavy atom. The van der Waals surface area contributed by atoms with Gasteiger partial charge in [0.25, 0.3) is 0 Å². The molecule has 0 aliphatic carbocycles. The smallest absolute Gasteiger partial charge is 0.344 e. The maximum absolute atomic E-state index is 11.8. The number of carbonyl (C=O) groups is 1. The van der Waals surface area contributed by atoms with Gasteiger partial charge in [0, 0.05) is 0 Å². The topological polar surface area (TPSA) is 32.3 Å². The van der Waals surface area contributed by atoms with Crippen LogP contribution >= 0.6 is 0 Å². The molecule has 0 bridgehead atoms. The van der Waals surface area contributed by atoms with Gasteiger partial charge in [0.1, 0.15) is 0 Å². The van der Waals surface area contributed by atoms with Crippen molar-refractivity contribution >= 4 is 5.91 Å². The fraction of sp³-hybridized carbons (Fsp3) is 0.625. The van der Waals surface area contributed by atoms with Gasteiger partial charge in [-0.15, -0.1) is 6.42 Å². The molecular formula is C8H11F3N2O. The average Bonchev–Trinajstić information content (AvgIpc) is 1.96. The number of terminal acetylenes is 1. The Morgan fingerprint density at radius 1 is 1.57 bits per heavy atom. The van der Waals surface area contributed by atoms with Crippen molar-refractivity contribution in [2.45, 2.75) is 6.18 Å². The van der Waals surface area contributed by atoms with Gasteiger partial charge in [-0.2, -0.15) is 13.2 Å². The third-order valence-corrected chi connectivity index (χ3v) is 1.25. The Labute approximate surface area is 80.3 Å². The lowest BCUT2D eigenvalue weighted by atomic mass is 10.4. The zero-order valence-corrected chi connectivity index (χ0v) is 7.69. The van der Waals surface area contributed by atoms with Crippen LogP contribution in [0.1, 0.15) is 0 Å². The number of hydrogen-bond donors (Lipinski definition) is 1. The molecule has 0 aromatic heterocycles. The van der Waals surface area contributed by atoms with Gasteiger partial charge >= 0.3 is 6.18 Å². The Bertz CT molecular complexity index is 232. The van der Waals surface area contributed by atoms with Gasteiger partial charge in [0.2, 0.25) is 5.91 Å². The highest BCUT2D eigenvalue weighted by Gasteiger charge is 2.29. The van der Waals surface area contributed by atoms with E-state index >= 15 is 0 Å². The molecule has 1 amide bonds. The lowest BCUT2D eigenvalue weighted by Gasteiger charge is -2.17. The summed E-state index contributed by atoms with van der Waals surface area (Å²) in [7, 11) is 1.21. The molecule has 0 aromatic rings. The summed E-state index contributed by atoms with van der Waals surface area (Å²) in [4.78, 5) is 11.7. The van der Waals surface area contributed by atoms with Crippen LogP contribution < -0.4 is 5.32 Å². The second-order valence-electron chi connectivity index (χ2n) is 2.77. The van der Waals surface area contributed by atoms with Gasteiger partial charge in [0.05, 0.1) is 19.6 Å². The molecular weight excluding hydrogens is 197 g/mol. The molecule has 0 atom stereocenters. The zero-order chi connectivity index (χ0) is 11.2. The van der Waals surface area contributed by atoms with Crippen LogP contribution in [-0.4, -0.2) is 43.7 Å². The molecule has 6 heteroatoms. The Kier molecular flexibility index (Phi) is 5.02. The third kappa shape index (κ3) is 7.43. The van der Waals surface area contributed by atoms with Crippen LogP contribution in [0.25, 0.3) is 0 Å². The van der Waals surface area contributed by atoms with E-state index in [9.17, 15) is 18.0 Å². The van der Waals surface area contributed by atoms with Gasteiger partial charge in [0.15, 0.2) is 0 Å². The van der Waals surface area contributed by atoms with Crippen LogP contribution in [-0.2, 0) is 4.79 Å². The number of rotatable bonds is 4. The SMILES string of the molecule is C#CCNC(=O)CN(C)CC(F)(F)F. The molecule has 0 fully saturated rings. The molecule has 0 aliphatic heterocycles. The molecule has 0 spiro atoms. The maximum Gasteiger partial charge on any atom is 0.401 e. The van der Waals surface area contributed by atoms with Crippen LogP contribution in [0.2, 0.25) is 0 Å². The summed E-state index contributed by atoms with van der Waals surface area (Å²) in [5.41, 5.74) is 0. The molecule has 1 N–H and O–H groups in total. The number of nitrogens with zero attached hydrogens (tertiary/aromatic N) is 1. The van der Waals surface area contributed by atoms with Crippen molar-refractivity contribution in [2.24, 2.45) is 0 Å². The minimum absolute atomic E-state index is 0.0265. The summed E-state index contributed by atoms with van der Waals surface area (Å²) in [6.07, 6.45) is 0.561. The first-order chi connectivity index (χ1) is 6.35. The van der Waals surface area contributed by atoms with E-state index in [1.807, 2.05) is 0 Å². The van der Waals surface area contributed by atoms with Gasteiger partial charge in [-0.3, -0.25) is 9.69 Å². The quantitative estimate of drug-likeness (QED) is 0.671. The molecule has 80 valence electrons. The number of amides is 1. The highest BCUT2D eigenvalue weighted by molar-refractivity contribution is 5.78. The minimum atomic E-state index is -4.29. The lowest BCUT2D eigenvalue weighted by Crippen LogP contribution is -2.39. The predicted octanol–water partition coefficient (Wildman–Crippen LogP) is 0.230. The normalized spacial score (nSPS) is 11.1. The monoisotopic (exact) mass is 208 g/mol.